The van der Waals surface area contributed by atoms with E-state index < -0.39 is 10.8 Å². The molecule has 32 heavy (non-hydrogen) atoms. The summed E-state index contributed by atoms with van der Waals surface area (Å²) in [6, 6.07) is 7.96. The first kappa shape index (κ1) is 22.6. The number of rotatable bonds is 7. The van der Waals surface area contributed by atoms with Crippen molar-refractivity contribution in [3.63, 3.8) is 0 Å². The number of aryl methyl sites for hydroxylation is 1. The largest absolute Gasteiger partial charge is 0.415 e. The van der Waals surface area contributed by atoms with Gasteiger partial charge >= 0.3 is 0 Å². The zero-order chi connectivity index (χ0) is 22.7. The van der Waals surface area contributed by atoms with Gasteiger partial charge in [-0.15, -0.1) is 21.0 Å². The van der Waals surface area contributed by atoms with Gasteiger partial charge in [0, 0.05) is 25.2 Å². The van der Waals surface area contributed by atoms with Crippen LogP contribution in [0.1, 0.15) is 30.3 Å². The van der Waals surface area contributed by atoms with Gasteiger partial charge in [-0.05, 0) is 50.6 Å². The van der Waals surface area contributed by atoms with Gasteiger partial charge in [-0.3, -0.25) is 14.1 Å². The standard InChI is InChI=1S/C22H28N6O3S/c1-4-32(29,30)28-11-9-17(10-12-28)19-14-24-15(2)20(25-19)22-27-26-21(31-22)18-7-5-16(6-8-18)13-23-3/h5-9,14,23,29-30H,4,10-13H2,1-3H3. The number of aromatic nitrogens is 4. The summed E-state index contributed by atoms with van der Waals surface area (Å²) in [6.07, 6.45) is 4.36. The molecule has 0 saturated heterocycles. The molecule has 1 aliphatic rings. The molecule has 3 aromatic rings. The summed E-state index contributed by atoms with van der Waals surface area (Å²) < 4.78 is 27.9. The van der Waals surface area contributed by atoms with Crippen molar-refractivity contribution in [1.29, 1.82) is 0 Å². The number of nitrogens with zero attached hydrogens (tertiary/aromatic N) is 5. The Hall–Kier alpha value is -2.63. The van der Waals surface area contributed by atoms with Crippen molar-refractivity contribution in [1.82, 2.24) is 29.8 Å². The molecule has 2 aromatic heterocycles. The molecule has 3 heterocycles. The number of benzene rings is 1. The van der Waals surface area contributed by atoms with Crippen LogP contribution in [0.2, 0.25) is 0 Å². The van der Waals surface area contributed by atoms with E-state index in [0.29, 0.717) is 48.4 Å². The molecule has 0 aliphatic carbocycles. The second kappa shape index (κ2) is 9.47. The van der Waals surface area contributed by atoms with Crippen molar-refractivity contribution in [2.45, 2.75) is 26.8 Å². The van der Waals surface area contributed by atoms with Crippen LogP contribution in [0.15, 0.2) is 41.0 Å². The molecule has 0 bridgehead atoms. The third kappa shape index (κ3) is 4.74. The summed E-state index contributed by atoms with van der Waals surface area (Å²) in [5.74, 6) is 1.08. The summed E-state index contributed by atoms with van der Waals surface area (Å²) in [7, 11) is -0.788. The van der Waals surface area contributed by atoms with E-state index in [1.807, 2.05) is 44.3 Å². The SMILES string of the molecule is CCS(O)(O)N1CC=C(c2cnc(C)c(-c3nnc(-c4ccc(CNC)cc4)o3)n2)CC1. The minimum atomic E-state index is -2.70. The maximum absolute atomic E-state index is 10.1. The highest BCUT2D eigenvalue weighted by Gasteiger charge is 2.24. The highest BCUT2D eigenvalue weighted by atomic mass is 32.3. The van der Waals surface area contributed by atoms with Crippen LogP contribution in [0, 0.1) is 6.92 Å². The van der Waals surface area contributed by atoms with Gasteiger partial charge in [0.2, 0.25) is 5.89 Å². The molecule has 0 amide bonds. The van der Waals surface area contributed by atoms with Gasteiger partial charge in [-0.2, -0.15) is 0 Å². The Morgan fingerprint density at radius 1 is 1.16 bits per heavy atom. The highest BCUT2D eigenvalue weighted by Crippen LogP contribution is 2.44. The van der Waals surface area contributed by atoms with Crippen molar-refractivity contribution in [3.8, 4) is 23.0 Å². The number of nitrogens with one attached hydrogen (secondary N) is 1. The van der Waals surface area contributed by atoms with Gasteiger partial charge in [0.15, 0.2) is 0 Å². The Morgan fingerprint density at radius 2 is 1.91 bits per heavy atom. The summed E-state index contributed by atoms with van der Waals surface area (Å²) in [5.41, 5.74) is 5.01. The van der Waals surface area contributed by atoms with Gasteiger partial charge in [-0.25, -0.2) is 9.29 Å². The van der Waals surface area contributed by atoms with Crippen molar-refractivity contribution >= 4 is 16.3 Å². The maximum atomic E-state index is 10.1. The molecule has 0 saturated carbocycles. The third-order valence-corrected chi connectivity index (χ3v) is 7.40. The predicted octanol–water partition coefficient (Wildman–Crippen LogP) is 4.00. The molecule has 10 heteroatoms. The molecule has 0 fully saturated rings. The molecule has 0 atom stereocenters. The molecular weight excluding hydrogens is 428 g/mol. The number of hydrogen-bond donors (Lipinski definition) is 3. The number of hydrogen-bond acceptors (Lipinski definition) is 9. The first-order chi connectivity index (χ1) is 15.4. The molecule has 1 aromatic carbocycles. The van der Waals surface area contributed by atoms with Gasteiger partial charge < -0.3 is 9.73 Å². The minimum Gasteiger partial charge on any atom is -0.415 e. The molecule has 4 rings (SSSR count). The Balaban J connectivity index is 1.56. The van der Waals surface area contributed by atoms with E-state index >= 15 is 0 Å². The van der Waals surface area contributed by atoms with Gasteiger partial charge in [-0.1, -0.05) is 18.2 Å². The molecular formula is C22H28N6O3S. The van der Waals surface area contributed by atoms with Crippen LogP contribution in [-0.4, -0.2) is 59.5 Å². The van der Waals surface area contributed by atoms with Crippen molar-refractivity contribution < 1.29 is 13.5 Å². The van der Waals surface area contributed by atoms with Crippen LogP contribution in [-0.2, 0) is 6.54 Å². The molecule has 0 unspecified atom stereocenters. The lowest BCUT2D eigenvalue weighted by atomic mass is 10.1. The zero-order valence-corrected chi connectivity index (χ0v) is 19.3. The van der Waals surface area contributed by atoms with E-state index in [1.165, 1.54) is 5.56 Å². The minimum absolute atomic E-state index is 0.322. The summed E-state index contributed by atoms with van der Waals surface area (Å²) in [6.45, 7) is 5.45. The molecule has 0 radical (unpaired) electrons. The molecule has 9 nitrogen and oxygen atoms in total. The zero-order valence-electron chi connectivity index (χ0n) is 18.4. The smallest absolute Gasteiger partial charge is 0.268 e. The second-order valence-corrected chi connectivity index (χ2v) is 9.98. The summed E-state index contributed by atoms with van der Waals surface area (Å²) in [5, 5.41) is 11.5. The van der Waals surface area contributed by atoms with Gasteiger partial charge in [0.25, 0.3) is 5.89 Å². The Kier molecular flexibility index (Phi) is 6.68. The highest BCUT2D eigenvalue weighted by molar-refractivity contribution is 8.22. The average molecular weight is 457 g/mol. The average Bonchev–Trinajstić information content (AvgIpc) is 3.30. The Bertz CT molecular complexity index is 1110. The van der Waals surface area contributed by atoms with Crippen LogP contribution in [0.4, 0.5) is 0 Å². The Labute approximate surface area is 189 Å². The quantitative estimate of drug-likeness (QED) is 0.484. The van der Waals surface area contributed by atoms with E-state index in [9.17, 15) is 9.11 Å². The van der Waals surface area contributed by atoms with E-state index in [1.54, 1.807) is 17.4 Å². The van der Waals surface area contributed by atoms with Crippen LogP contribution < -0.4 is 5.32 Å². The van der Waals surface area contributed by atoms with E-state index in [2.05, 4.69) is 20.5 Å². The fraction of sp³-hybridized carbons (Fsp3) is 0.364. The van der Waals surface area contributed by atoms with E-state index in [4.69, 9.17) is 9.40 Å². The normalized spacial score (nSPS) is 15.6. The third-order valence-electron chi connectivity index (χ3n) is 5.47. The molecule has 170 valence electrons. The summed E-state index contributed by atoms with van der Waals surface area (Å²) >= 11 is 0. The van der Waals surface area contributed by atoms with Crippen molar-refractivity contribution in [2.24, 2.45) is 0 Å². The topological polar surface area (TPSA) is 120 Å². The van der Waals surface area contributed by atoms with Crippen LogP contribution in [0.3, 0.4) is 0 Å². The Morgan fingerprint density at radius 3 is 2.56 bits per heavy atom. The van der Waals surface area contributed by atoms with E-state index in [-0.39, 0.29) is 0 Å². The van der Waals surface area contributed by atoms with Crippen molar-refractivity contribution in [2.75, 3.05) is 25.9 Å². The molecule has 3 N–H and O–H groups in total. The molecule has 1 aliphatic heterocycles. The van der Waals surface area contributed by atoms with E-state index in [0.717, 1.165) is 23.4 Å². The lowest BCUT2D eigenvalue weighted by Gasteiger charge is -2.43. The lowest BCUT2D eigenvalue weighted by molar-refractivity contribution is 0.366. The first-order valence-electron chi connectivity index (χ1n) is 10.5. The maximum Gasteiger partial charge on any atom is 0.268 e. The van der Waals surface area contributed by atoms with Crippen LogP contribution >= 0.6 is 10.8 Å². The van der Waals surface area contributed by atoms with Crippen LogP contribution in [0.5, 0.6) is 0 Å². The fourth-order valence-corrected chi connectivity index (χ4v) is 4.60. The fourth-order valence-electron chi connectivity index (χ4n) is 3.54. The van der Waals surface area contributed by atoms with Gasteiger partial charge in [0.1, 0.15) is 5.69 Å². The molecule has 0 spiro atoms. The predicted molar refractivity (Wildman–Crippen MR) is 126 cm³/mol. The second-order valence-electron chi connectivity index (χ2n) is 7.62. The van der Waals surface area contributed by atoms with Gasteiger partial charge in [0.05, 0.1) is 23.3 Å². The monoisotopic (exact) mass is 456 g/mol. The lowest BCUT2D eigenvalue weighted by Crippen LogP contribution is -2.32. The first-order valence-corrected chi connectivity index (χ1v) is 12.2. The summed E-state index contributed by atoms with van der Waals surface area (Å²) in [4.78, 5) is 9.23. The van der Waals surface area contributed by atoms with Crippen LogP contribution in [0.25, 0.3) is 28.6 Å². The van der Waals surface area contributed by atoms with Crippen molar-refractivity contribution in [3.05, 3.63) is 53.5 Å².